The second kappa shape index (κ2) is 5.18. The Bertz CT molecular complexity index is 347. The first kappa shape index (κ1) is 12.8. The number of phenols is 1. The molecule has 1 aromatic carbocycles. The Labute approximate surface area is 95.1 Å². The van der Waals surface area contributed by atoms with Crippen LogP contribution in [0.1, 0.15) is 32.4 Å². The molecule has 0 saturated heterocycles. The van der Waals surface area contributed by atoms with Gasteiger partial charge in [0.25, 0.3) is 0 Å². The zero-order valence-corrected chi connectivity index (χ0v) is 9.71. The van der Waals surface area contributed by atoms with Gasteiger partial charge in [-0.05, 0) is 25.0 Å². The number of rotatable bonds is 4. The van der Waals surface area contributed by atoms with Gasteiger partial charge in [0.15, 0.2) is 6.29 Å². The highest BCUT2D eigenvalue weighted by atomic mass is 16.6. The van der Waals surface area contributed by atoms with Crippen LogP contribution in [0.4, 0.5) is 0 Å². The summed E-state index contributed by atoms with van der Waals surface area (Å²) in [5.41, 5.74) is 0.466. The third kappa shape index (κ3) is 3.12. The van der Waals surface area contributed by atoms with Gasteiger partial charge in [-0.15, -0.1) is 0 Å². The molecule has 0 amide bonds. The largest absolute Gasteiger partial charge is 0.507 e. The molecule has 0 fully saturated rings. The Hall–Kier alpha value is -1.26. The van der Waals surface area contributed by atoms with E-state index in [4.69, 9.17) is 9.84 Å². The fourth-order valence-electron chi connectivity index (χ4n) is 1.40. The van der Waals surface area contributed by atoms with Crippen LogP contribution in [0.2, 0.25) is 0 Å². The first-order valence-corrected chi connectivity index (χ1v) is 5.27. The van der Waals surface area contributed by atoms with Gasteiger partial charge in [0.2, 0.25) is 0 Å². The third-order valence-electron chi connectivity index (χ3n) is 2.26. The molecule has 4 nitrogen and oxygen atoms in total. The minimum atomic E-state index is -0.930. The summed E-state index contributed by atoms with van der Waals surface area (Å²) in [7, 11) is 0. The Morgan fingerprint density at radius 2 is 1.75 bits per heavy atom. The molecule has 1 rings (SSSR count). The lowest BCUT2D eigenvalue weighted by atomic mass is 9.98. The molecule has 90 valence electrons. The van der Waals surface area contributed by atoms with Gasteiger partial charge in [0.1, 0.15) is 11.5 Å². The molecule has 3 N–H and O–H groups in total. The molecule has 0 aliphatic carbocycles. The van der Waals surface area contributed by atoms with Crippen LogP contribution < -0.4 is 4.74 Å². The minimum Gasteiger partial charge on any atom is -0.507 e. The second-order valence-electron chi connectivity index (χ2n) is 4.13. The van der Waals surface area contributed by atoms with E-state index >= 15 is 0 Å². The normalized spacial score (nSPS) is 14.9. The average molecular weight is 226 g/mol. The summed E-state index contributed by atoms with van der Waals surface area (Å²) in [6.07, 6.45) is -1.64. The van der Waals surface area contributed by atoms with Crippen molar-refractivity contribution in [2.45, 2.75) is 33.2 Å². The molecule has 0 spiro atoms. The van der Waals surface area contributed by atoms with Gasteiger partial charge >= 0.3 is 0 Å². The van der Waals surface area contributed by atoms with Crippen LogP contribution in [0.3, 0.4) is 0 Å². The predicted octanol–water partition coefficient (Wildman–Crippen LogP) is 1.80. The van der Waals surface area contributed by atoms with E-state index in [-0.39, 0.29) is 11.7 Å². The smallest absolute Gasteiger partial charge is 0.194 e. The molecule has 0 aromatic heterocycles. The van der Waals surface area contributed by atoms with Crippen LogP contribution >= 0.6 is 0 Å². The SMILES string of the molecule is CC(O)Oc1ccc(C(O)C(C)C)c(O)c1. The highest BCUT2D eigenvalue weighted by Crippen LogP contribution is 2.32. The van der Waals surface area contributed by atoms with Crippen molar-refractivity contribution in [3.05, 3.63) is 23.8 Å². The van der Waals surface area contributed by atoms with E-state index < -0.39 is 12.4 Å². The molecule has 2 atom stereocenters. The Kier molecular flexibility index (Phi) is 4.15. The first-order chi connectivity index (χ1) is 7.41. The quantitative estimate of drug-likeness (QED) is 0.685. The fourth-order valence-corrected chi connectivity index (χ4v) is 1.40. The van der Waals surface area contributed by atoms with Crippen molar-refractivity contribution in [2.24, 2.45) is 5.92 Å². The van der Waals surface area contributed by atoms with E-state index in [1.807, 2.05) is 13.8 Å². The van der Waals surface area contributed by atoms with Gasteiger partial charge in [0.05, 0.1) is 6.10 Å². The third-order valence-corrected chi connectivity index (χ3v) is 2.26. The van der Waals surface area contributed by atoms with Crippen LogP contribution in [-0.4, -0.2) is 21.6 Å². The van der Waals surface area contributed by atoms with Gasteiger partial charge in [-0.1, -0.05) is 13.8 Å². The minimum absolute atomic E-state index is 0.0226. The van der Waals surface area contributed by atoms with E-state index in [2.05, 4.69) is 0 Å². The maximum atomic E-state index is 9.80. The van der Waals surface area contributed by atoms with Gasteiger partial charge in [0, 0.05) is 11.6 Å². The molecule has 16 heavy (non-hydrogen) atoms. The molecular formula is C12H18O4. The molecule has 0 aliphatic rings. The maximum absolute atomic E-state index is 9.80. The summed E-state index contributed by atoms with van der Waals surface area (Å²) >= 11 is 0. The number of aliphatic hydroxyl groups is 2. The molecule has 0 heterocycles. The van der Waals surface area contributed by atoms with Crippen molar-refractivity contribution >= 4 is 0 Å². The zero-order chi connectivity index (χ0) is 12.3. The van der Waals surface area contributed by atoms with Gasteiger partial charge in [-0.3, -0.25) is 0 Å². The second-order valence-corrected chi connectivity index (χ2v) is 4.13. The van der Waals surface area contributed by atoms with Gasteiger partial charge in [-0.25, -0.2) is 0 Å². The van der Waals surface area contributed by atoms with Crippen molar-refractivity contribution < 1.29 is 20.1 Å². The van der Waals surface area contributed by atoms with E-state index in [1.165, 1.54) is 13.0 Å². The number of ether oxygens (including phenoxy) is 1. The number of benzene rings is 1. The van der Waals surface area contributed by atoms with Crippen LogP contribution in [-0.2, 0) is 0 Å². The maximum Gasteiger partial charge on any atom is 0.194 e. The summed E-state index contributed by atoms with van der Waals surface area (Å²) < 4.78 is 5.00. The first-order valence-electron chi connectivity index (χ1n) is 5.27. The zero-order valence-electron chi connectivity index (χ0n) is 9.71. The van der Waals surface area contributed by atoms with E-state index in [1.54, 1.807) is 12.1 Å². The topological polar surface area (TPSA) is 69.9 Å². The molecular weight excluding hydrogens is 208 g/mol. The van der Waals surface area contributed by atoms with Gasteiger partial charge in [-0.2, -0.15) is 0 Å². The summed E-state index contributed by atoms with van der Waals surface area (Å²) in [6, 6.07) is 4.58. The van der Waals surface area contributed by atoms with E-state index in [0.29, 0.717) is 11.3 Å². The number of hydrogen-bond acceptors (Lipinski definition) is 4. The van der Waals surface area contributed by atoms with Crippen LogP contribution in [0, 0.1) is 5.92 Å². The Balaban J connectivity index is 2.91. The molecule has 0 saturated carbocycles. The lowest BCUT2D eigenvalue weighted by Gasteiger charge is -2.17. The number of aromatic hydroxyl groups is 1. The summed E-state index contributed by atoms with van der Waals surface area (Å²) in [4.78, 5) is 0. The van der Waals surface area contributed by atoms with Crippen molar-refractivity contribution in [1.82, 2.24) is 0 Å². The predicted molar refractivity (Wildman–Crippen MR) is 60.2 cm³/mol. The highest BCUT2D eigenvalue weighted by Gasteiger charge is 2.16. The molecule has 1 aromatic rings. The molecule has 0 bridgehead atoms. The van der Waals surface area contributed by atoms with Crippen molar-refractivity contribution in [2.75, 3.05) is 0 Å². The van der Waals surface area contributed by atoms with Crippen molar-refractivity contribution in [3.63, 3.8) is 0 Å². The van der Waals surface area contributed by atoms with Crippen molar-refractivity contribution in [1.29, 1.82) is 0 Å². The lowest BCUT2D eigenvalue weighted by molar-refractivity contribution is -0.000466. The summed E-state index contributed by atoms with van der Waals surface area (Å²) in [5, 5.41) is 28.5. The summed E-state index contributed by atoms with van der Waals surface area (Å²) in [5.74, 6) is 0.362. The van der Waals surface area contributed by atoms with E-state index in [9.17, 15) is 10.2 Å². The molecule has 0 aliphatic heterocycles. The molecule has 2 unspecified atom stereocenters. The van der Waals surface area contributed by atoms with Crippen molar-refractivity contribution in [3.8, 4) is 11.5 Å². The standard InChI is InChI=1S/C12H18O4/c1-7(2)12(15)10-5-4-9(6-11(10)14)16-8(3)13/h4-8,12-15H,1-3H3. The van der Waals surface area contributed by atoms with Crippen LogP contribution in [0.5, 0.6) is 11.5 Å². The number of aliphatic hydroxyl groups excluding tert-OH is 2. The molecule has 0 radical (unpaired) electrons. The van der Waals surface area contributed by atoms with Gasteiger partial charge < -0.3 is 20.1 Å². The number of hydrogen-bond donors (Lipinski definition) is 3. The van der Waals surface area contributed by atoms with Crippen LogP contribution in [0.25, 0.3) is 0 Å². The monoisotopic (exact) mass is 226 g/mol. The van der Waals surface area contributed by atoms with E-state index in [0.717, 1.165) is 0 Å². The highest BCUT2D eigenvalue weighted by molar-refractivity contribution is 5.41. The fraction of sp³-hybridized carbons (Fsp3) is 0.500. The number of phenolic OH excluding ortho intramolecular Hbond substituents is 1. The lowest BCUT2D eigenvalue weighted by Crippen LogP contribution is -2.10. The average Bonchev–Trinajstić information content (AvgIpc) is 2.15. The Morgan fingerprint density at radius 3 is 2.19 bits per heavy atom. The Morgan fingerprint density at radius 1 is 1.12 bits per heavy atom. The molecule has 4 heteroatoms. The van der Waals surface area contributed by atoms with Crippen LogP contribution in [0.15, 0.2) is 18.2 Å². The summed E-state index contributed by atoms with van der Waals surface area (Å²) in [6.45, 7) is 5.21.